The second kappa shape index (κ2) is 5.70. The molecule has 25 heavy (non-hydrogen) atoms. The van der Waals surface area contributed by atoms with E-state index in [9.17, 15) is 8.42 Å². The molecule has 1 aromatic heterocycles. The van der Waals surface area contributed by atoms with Crippen LogP contribution in [0.3, 0.4) is 0 Å². The number of pyridine rings is 1. The average Bonchev–Trinajstić information content (AvgIpc) is 3.25. The predicted molar refractivity (Wildman–Crippen MR) is 98.1 cm³/mol. The first-order chi connectivity index (χ1) is 11.9. The van der Waals surface area contributed by atoms with Gasteiger partial charge in [-0.15, -0.1) is 0 Å². The molecule has 4 rings (SSSR count). The minimum atomic E-state index is -3.22. The van der Waals surface area contributed by atoms with Gasteiger partial charge >= 0.3 is 0 Å². The van der Waals surface area contributed by atoms with Crippen molar-refractivity contribution >= 4 is 21.0 Å². The fourth-order valence-corrected chi connectivity index (χ4v) is 4.21. The number of ether oxygens (including phenoxy) is 1. The molecule has 1 fully saturated rings. The Hall–Kier alpha value is -2.14. The van der Waals surface area contributed by atoms with E-state index in [1.54, 1.807) is 13.2 Å². The molecule has 0 N–H and O–H groups in total. The van der Waals surface area contributed by atoms with E-state index in [2.05, 4.69) is 17.1 Å². The van der Waals surface area contributed by atoms with Crippen LogP contribution >= 0.6 is 0 Å². The lowest BCUT2D eigenvalue weighted by Crippen LogP contribution is -1.99. The third kappa shape index (κ3) is 3.09. The molecule has 130 valence electrons. The summed E-state index contributed by atoms with van der Waals surface area (Å²) < 4.78 is 28.6. The van der Waals surface area contributed by atoms with E-state index in [4.69, 9.17) is 4.74 Å². The highest BCUT2D eigenvalue weighted by Crippen LogP contribution is 2.63. The van der Waals surface area contributed by atoms with E-state index in [1.165, 1.54) is 42.0 Å². The number of nitrogens with zero attached hydrogens (tertiary/aromatic N) is 1. The zero-order valence-electron chi connectivity index (χ0n) is 14.5. The van der Waals surface area contributed by atoms with Gasteiger partial charge in [-0.25, -0.2) is 8.42 Å². The molecule has 0 unspecified atom stereocenters. The van der Waals surface area contributed by atoms with Crippen molar-refractivity contribution in [3.8, 4) is 5.75 Å². The number of hydrogen-bond donors (Lipinski definition) is 0. The Kier molecular flexibility index (Phi) is 3.72. The van der Waals surface area contributed by atoms with Gasteiger partial charge in [0, 0.05) is 12.5 Å². The highest BCUT2D eigenvalue weighted by molar-refractivity contribution is 7.90. The van der Waals surface area contributed by atoms with Crippen LogP contribution in [0.1, 0.15) is 36.9 Å². The SMILES string of the molecule is COc1ccc(C2=C(c3ccc(S(C)(=O)=O)cn3)CC3(CC3)C2)cc1. The lowest BCUT2D eigenvalue weighted by atomic mass is 9.98. The Morgan fingerprint density at radius 3 is 2.20 bits per heavy atom. The van der Waals surface area contributed by atoms with E-state index < -0.39 is 9.84 Å². The van der Waals surface area contributed by atoms with Crippen molar-refractivity contribution in [1.82, 2.24) is 4.98 Å². The lowest BCUT2D eigenvalue weighted by molar-refractivity contribution is 0.415. The highest BCUT2D eigenvalue weighted by Gasteiger charge is 2.48. The summed E-state index contributed by atoms with van der Waals surface area (Å²) in [4.78, 5) is 4.73. The summed E-state index contributed by atoms with van der Waals surface area (Å²) in [6.07, 6.45) is 7.31. The van der Waals surface area contributed by atoms with Crippen molar-refractivity contribution in [2.75, 3.05) is 13.4 Å². The summed E-state index contributed by atoms with van der Waals surface area (Å²) in [5.74, 6) is 0.848. The van der Waals surface area contributed by atoms with Crippen LogP contribution in [0.25, 0.3) is 11.1 Å². The van der Waals surface area contributed by atoms with Crippen molar-refractivity contribution in [2.45, 2.75) is 30.6 Å². The van der Waals surface area contributed by atoms with E-state index in [0.29, 0.717) is 5.41 Å². The molecule has 0 saturated heterocycles. The molecule has 0 bridgehead atoms. The standard InChI is InChI=1S/C20H21NO3S/c1-24-15-5-3-14(4-6-15)17-11-20(9-10-20)12-18(17)19-8-7-16(13-21-19)25(2,22)23/h3-8,13H,9-12H2,1-2H3. The Morgan fingerprint density at radius 1 is 1.00 bits per heavy atom. The Labute approximate surface area is 148 Å². The highest BCUT2D eigenvalue weighted by atomic mass is 32.2. The Bertz CT molecular complexity index is 937. The van der Waals surface area contributed by atoms with Gasteiger partial charge < -0.3 is 4.74 Å². The Morgan fingerprint density at radius 2 is 1.68 bits per heavy atom. The number of sulfone groups is 1. The monoisotopic (exact) mass is 355 g/mol. The van der Waals surface area contributed by atoms with Crippen LogP contribution in [0, 0.1) is 5.41 Å². The van der Waals surface area contributed by atoms with Gasteiger partial charge in [-0.3, -0.25) is 4.98 Å². The summed E-state index contributed by atoms with van der Waals surface area (Å²) in [7, 11) is -1.55. The van der Waals surface area contributed by atoms with Gasteiger partial charge in [0.15, 0.2) is 9.84 Å². The maximum Gasteiger partial charge on any atom is 0.177 e. The molecule has 1 spiro atoms. The lowest BCUT2D eigenvalue weighted by Gasteiger charge is -2.09. The first-order valence-electron chi connectivity index (χ1n) is 8.43. The number of hydrogen-bond acceptors (Lipinski definition) is 4. The maximum atomic E-state index is 11.7. The molecule has 1 heterocycles. The van der Waals surface area contributed by atoms with Gasteiger partial charge in [-0.05, 0) is 72.1 Å². The summed E-state index contributed by atoms with van der Waals surface area (Å²) >= 11 is 0. The van der Waals surface area contributed by atoms with E-state index in [1.807, 2.05) is 18.2 Å². The van der Waals surface area contributed by atoms with Crippen LogP contribution in [-0.4, -0.2) is 26.8 Å². The topological polar surface area (TPSA) is 56.3 Å². The first kappa shape index (κ1) is 16.3. The van der Waals surface area contributed by atoms with Crippen molar-refractivity contribution in [1.29, 1.82) is 0 Å². The van der Waals surface area contributed by atoms with Crippen LogP contribution < -0.4 is 4.74 Å². The summed E-state index contributed by atoms with van der Waals surface area (Å²) in [6.45, 7) is 0. The number of methoxy groups -OCH3 is 1. The molecule has 1 aromatic carbocycles. The van der Waals surface area contributed by atoms with Crippen molar-refractivity contribution in [3.05, 3.63) is 53.9 Å². The molecule has 4 nitrogen and oxygen atoms in total. The quantitative estimate of drug-likeness (QED) is 0.832. The number of allylic oxidation sites excluding steroid dienone is 2. The molecule has 2 aliphatic rings. The van der Waals surface area contributed by atoms with Crippen molar-refractivity contribution < 1.29 is 13.2 Å². The van der Waals surface area contributed by atoms with Crippen LogP contribution in [0.4, 0.5) is 0 Å². The Balaban J connectivity index is 1.75. The number of aromatic nitrogens is 1. The second-order valence-electron chi connectivity index (χ2n) is 7.19. The molecule has 1 saturated carbocycles. The molecular weight excluding hydrogens is 334 g/mol. The predicted octanol–water partition coefficient (Wildman–Crippen LogP) is 3.98. The van der Waals surface area contributed by atoms with Crippen molar-refractivity contribution in [2.24, 2.45) is 5.41 Å². The zero-order chi connectivity index (χ0) is 17.7. The average molecular weight is 355 g/mol. The molecule has 2 aliphatic carbocycles. The van der Waals surface area contributed by atoms with Crippen LogP contribution in [0.5, 0.6) is 5.75 Å². The molecule has 0 atom stereocenters. The van der Waals surface area contributed by atoms with Gasteiger partial charge in [0.1, 0.15) is 5.75 Å². The van der Waals surface area contributed by atoms with E-state index >= 15 is 0 Å². The minimum Gasteiger partial charge on any atom is -0.497 e. The smallest absolute Gasteiger partial charge is 0.177 e. The third-order valence-electron chi connectivity index (χ3n) is 5.34. The van der Waals surface area contributed by atoms with Gasteiger partial charge in [0.25, 0.3) is 0 Å². The van der Waals surface area contributed by atoms with Gasteiger partial charge in [-0.1, -0.05) is 12.1 Å². The molecule has 0 radical (unpaired) electrons. The maximum absolute atomic E-state index is 11.7. The first-order valence-corrected chi connectivity index (χ1v) is 10.3. The van der Waals surface area contributed by atoms with E-state index in [-0.39, 0.29) is 4.90 Å². The summed E-state index contributed by atoms with van der Waals surface area (Å²) in [5, 5.41) is 0. The molecule has 2 aromatic rings. The van der Waals surface area contributed by atoms with Crippen LogP contribution in [0.15, 0.2) is 47.5 Å². The molecule has 0 aliphatic heterocycles. The fourth-order valence-electron chi connectivity index (χ4n) is 3.65. The molecule has 5 heteroatoms. The third-order valence-corrected chi connectivity index (χ3v) is 6.43. The minimum absolute atomic E-state index is 0.266. The number of rotatable bonds is 4. The second-order valence-corrected chi connectivity index (χ2v) is 9.21. The molecular formula is C20H21NO3S. The zero-order valence-corrected chi connectivity index (χ0v) is 15.3. The van der Waals surface area contributed by atoms with Gasteiger partial charge in [-0.2, -0.15) is 0 Å². The summed E-state index contributed by atoms with van der Waals surface area (Å²) in [5.41, 5.74) is 5.08. The normalized spacial score (nSPS) is 18.6. The van der Waals surface area contributed by atoms with Gasteiger partial charge in [0.2, 0.25) is 0 Å². The van der Waals surface area contributed by atoms with Crippen LogP contribution in [0.2, 0.25) is 0 Å². The van der Waals surface area contributed by atoms with Crippen molar-refractivity contribution in [3.63, 3.8) is 0 Å². The van der Waals surface area contributed by atoms with Crippen LogP contribution in [-0.2, 0) is 9.84 Å². The van der Waals surface area contributed by atoms with Gasteiger partial charge in [0.05, 0.1) is 17.7 Å². The molecule has 0 amide bonds. The van der Waals surface area contributed by atoms with E-state index in [0.717, 1.165) is 24.3 Å². The largest absolute Gasteiger partial charge is 0.497 e. The summed E-state index contributed by atoms with van der Waals surface area (Å²) in [6, 6.07) is 11.7. The fraction of sp³-hybridized carbons (Fsp3) is 0.350. The number of benzene rings is 1.